The maximum Gasteiger partial charge on any atom is 0.317 e. The first-order chi connectivity index (χ1) is 19.2. The fourth-order valence-electron chi connectivity index (χ4n) is 5.58. The van der Waals surface area contributed by atoms with Gasteiger partial charge in [-0.2, -0.15) is 0 Å². The zero-order chi connectivity index (χ0) is 30.2. The average Bonchev–Trinajstić information content (AvgIpc) is 3.26. The number of sulfone groups is 1. The van der Waals surface area contributed by atoms with Crippen molar-refractivity contribution in [2.24, 2.45) is 11.8 Å². The van der Waals surface area contributed by atoms with Gasteiger partial charge in [0.25, 0.3) is 5.91 Å². The molecule has 1 saturated heterocycles. The van der Waals surface area contributed by atoms with Crippen molar-refractivity contribution in [3.63, 3.8) is 0 Å². The van der Waals surface area contributed by atoms with E-state index < -0.39 is 56.7 Å². The zero-order valence-electron chi connectivity index (χ0n) is 22.3. The molecule has 3 unspecified atom stereocenters. The second-order valence-corrected chi connectivity index (χ2v) is 13.3. The Kier molecular flexibility index (Phi) is 9.22. The molecule has 3 amide bonds. The number of hydrogen-bond donors (Lipinski definition) is 4. The number of rotatable bonds is 6. The van der Waals surface area contributed by atoms with Crippen LogP contribution in [0.25, 0.3) is 0 Å². The van der Waals surface area contributed by atoms with Crippen LogP contribution < -0.4 is 10.6 Å². The Labute approximate surface area is 240 Å². The van der Waals surface area contributed by atoms with Gasteiger partial charge in [0.1, 0.15) is 0 Å². The minimum Gasteiger partial charge on any atom is -0.388 e. The number of nitrogens with zero attached hydrogens (tertiary/aromatic N) is 1. The summed E-state index contributed by atoms with van der Waals surface area (Å²) < 4.78 is 67.9. The van der Waals surface area contributed by atoms with E-state index in [1.807, 2.05) is 13.8 Å². The molecule has 4 N–H and O–H groups in total. The van der Waals surface area contributed by atoms with E-state index in [0.717, 1.165) is 6.07 Å². The highest BCUT2D eigenvalue weighted by Crippen LogP contribution is 2.39. The van der Waals surface area contributed by atoms with Crippen molar-refractivity contribution in [3.8, 4) is 0 Å². The van der Waals surface area contributed by atoms with Crippen LogP contribution in [-0.2, 0) is 9.84 Å². The second-order valence-electron chi connectivity index (χ2n) is 10.7. The molecule has 0 spiro atoms. The molecule has 1 heterocycles. The first-order valence-corrected chi connectivity index (χ1v) is 15.1. The highest BCUT2D eigenvalue weighted by Gasteiger charge is 2.43. The van der Waals surface area contributed by atoms with Crippen LogP contribution in [0.3, 0.4) is 0 Å². The molecule has 14 heteroatoms. The number of aliphatic hydroxyl groups excluding tert-OH is 2. The normalized spacial score (nSPS) is 26.6. The number of carbonyl (C=O) groups is 2. The number of carbonyl (C=O) groups excluding carboxylic acids is 2. The molecule has 0 aromatic heterocycles. The fraction of sp³-hybridized carbons (Fsp3) is 0.481. The number of β-amino-alcohol motifs (C(OH)–C–C–N with tert-alkyl or cyclic N) is 2. The van der Waals surface area contributed by atoms with E-state index in [0.29, 0.717) is 18.6 Å². The lowest BCUT2D eigenvalue weighted by atomic mass is 9.76. The molecule has 224 valence electrons. The SMILES string of the molecule is CCC1C[C@@H](S(=O)(=O)c2cc(C(=O)Nc3cc(F)c(F)c(F)c3)ccc2Cl)C[C@H](C)[C@H]1NC(=O)N1CC(O)C(O)C1. The molecule has 2 aliphatic rings. The lowest BCUT2D eigenvalue weighted by molar-refractivity contribution is 0.0572. The van der Waals surface area contributed by atoms with Crippen molar-refractivity contribution in [2.75, 3.05) is 18.4 Å². The number of anilines is 1. The van der Waals surface area contributed by atoms with E-state index in [9.17, 15) is 41.4 Å². The van der Waals surface area contributed by atoms with Crippen LogP contribution in [0, 0.1) is 29.3 Å². The number of hydrogen-bond acceptors (Lipinski definition) is 6. The number of amides is 3. The summed E-state index contributed by atoms with van der Waals surface area (Å²) in [4.78, 5) is 26.6. The maximum atomic E-state index is 13.8. The van der Waals surface area contributed by atoms with Crippen molar-refractivity contribution in [3.05, 3.63) is 58.4 Å². The fourth-order valence-corrected chi connectivity index (χ4v) is 8.07. The molecule has 9 nitrogen and oxygen atoms in total. The van der Waals surface area contributed by atoms with E-state index in [1.54, 1.807) is 0 Å². The lowest BCUT2D eigenvalue weighted by Crippen LogP contribution is -2.53. The Morgan fingerprint density at radius 2 is 1.66 bits per heavy atom. The summed E-state index contributed by atoms with van der Waals surface area (Å²) in [5, 5.41) is 23.7. The number of nitrogens with one attached hydrogen (secondary N) is 2. The van der Waals surface area contributed by atoms with Gasteiger partial charge in [0.05, 0.1) is 40.5 Å². The van der Waals surface area contributed by atoms with E-state index in [2.05, 4.69) is 10.6 Å². The molecule has 41 heavy (non-hydrogen) atoms. The molecular formula is C27H31ClF3N3O6S. The maximum absolute atomic E-state index is 13.8. The molecule has 2 aromatic carbocycles. The molecule has 2 fully saturated rings. The number of halogens is 4. The third kappa shape index (κ3) is 6.47. The van der Waals surface area contributed by atoms with E-state index in [1.165, 1.54) is 17.0 Å². The van der Waals surface area contributed by atoms with Gasteiger partial charge in [0.2, 0.25) is 0 Å². The topological polar surface area (TPSA) is 136 Å². The van der Waals surface area contributed by atoms with Gasteiger partial charge in [0.15, 0.2) is 27.3 Å². The van der Waals surface area contributed by atoms with Gasteiger partial charge in [-0.05, 0) is 42.9 Å². The van der Waals surface area contributed by atoms with E-state index in [4.69, 9.17) is 11.6 Å². The van der Waals surface area contributed by atoms with Gasteiger partial charge >= 0.3 is 6.03 Å². The minimum absolute atomic E-state index is 0.00461. The first-order valence-electron chi connectivity index (χ1n) is 13.1. The van der Waals surface area contributed by atoms with Crippen molar-refractivity contribution in [1.82, 2.24) is 10.2 Å². The summed E-state index contributed by atoms with van der Waals surface area (Å²) in [5.41, 5.74) is -0.502. The summed E-state index contributed by atoms with van der Waals surface area (Å²) in [6, 6.07) is 3.98. The predicted molar refractivity (Wildman–Crippen MR) is 145 cm³/mol. The van der Waals surface area contributed by atoms with Gasteiger partial charge in [-0.25, -0.2) is 26.4 Å². The predicted octanol–water partition coefficient (Wildman–Crippen LogP) is 3.72. The third-order valence-corrected chi connectivity index (χ3v) is 10.5. The van der Waals surface area contributed by atoms with Gasteiger partial charge in [-0.3, -0.25) is 4.79 Å². The molecule has 6 atom stereocenters. The standard InChI is InChI=1S/C27H31ClF3N3O6S/c1-3-14-7-17(6-13(2)25(14)33-27(38)34-11-21(35)22(36)12-34)41(39,40)23-8-15(4-5-18(23)28)26(37)32-16-9-19(29)24(31)20(30)10-16/h4-5,8-10,13-14,17,21-22,25,35-36H,3,6-7,11-12H2,1-2H3,(H,32,37)(H,33,38)/t13-,14?,17-,21?,22?,25+/m0/s1. The van der Waals surface area contributed by atoms with Crippen molar-refractivity contribution in [2.45, 2.75) is 61.5 Å². The van der Waals surface area contributed by atoms with Gasteiger partial charge in [0, 0.05) is 29.4 Å². The highest BCUT2D eigenvalue weighted by molar-refractivity contribution is 7.92. The Balaban J connectivity index is 1.51. The van der Waals surface area contributed by atoms with Crippen LogP contribution >= 0.6 is 11.6 Å². The largest absolute Gasteiger partial charge is 0.388 e. The molecule has 0 radical (unpaired) electrons. The smallest absolute Gasteiger partial charge is 0.317 e. The number of aliphatic hydroxyl groups is 2. The minimum atomic E-state index is -4.07. The number of benzene rings is 2. The first kappa shape index (κ1) is 31.1. The van der Waals surface area contributed by atoms with E-state index in [-0.39, 0.29) is 65.0 Å². The van der Waals surface area contributed by atoms with Crippen LogP contribution in [0.4, 0.5) is 23.7 Å². The van der Waals surface area contributed by atoms with Crippen LogP contribution in [0.1, 0.15) is 43.5 Å². The van der Waals surface area contributed by atoms with Gasteiger partial charge < -0.3 is 25.7 Å². The van der Waals surface area contributed by atoms with E-state index >= 15 is 0 Å². The summed E-state index contributed by atoms with van der Waals surface area (Å²) in [6.45, 7) is 3.70. The Hall–Kier alpha value is -2.87. The Bertz CT molecular complexity index is 1410. The molecule has 4 rings (SSSR count). The van der Waals surface area contributed by atoms with Crippen LogP contribution in [-0.4, -0.2) is 72.1 Å². The van der Waals surface area contributed by atoms with Gasteiger partial charge in [-0.15, -0.1) is 0 Å². The molecule has 0 bridgehead atoms. The van der Waals surface area contributed by atoms with Crippen molar-refractivity contribution in [1.29, 1.82) is 0 Å². The van der Waals surface area contributed by atoms with Crippen LogP contribution in [0.15, 0.2) is 35.2 Å². The van der Waals surface area contributed by atoms with Crippen LogP contribution in [0.5, 0.6) is 0 Å². The Morgan fingerprint density at radius 3 is 2.24 bits per heavy atom. The lowest BCUT2D eigenvalue weighted by Gasteiger charge is -2.41. The monoisotopic (exact) mass is 617 g/mol. The van der Waals surface area contributed by atoms with Gasteiger partial charge in [-0.1, -0.05) is 31.9 Å². The quantitative estimate of drug-likeness (QED) is 0.365. The second kappa shape index (κ2) is 12.2. The summed E-state index contributed by atoms with van der Waals surface area (Å²) in [5.74, 6) is -6.04. The molecule has 1 aliphatic carbocycles. The average molecular weight is 618 g/mol. The summed E-state index contributed by atoms with van der Waals surface area (Å²) in [6.07, 6.45) is -1.09. The molecule has 2 aromatic rings. The molecule has 1 aliphatic heterocycles. The highest BCUT2D eigenvalue weighted by atomic mass is 35.5. The molecule has 1 saturated carbocycles. The Morgan fingerprint density at radius 1 is 1.05 bits per heavy atom. The number of likely N-dealkylation sites (tertiary alicyclic amines) is 1. The summed E-state index contributed by atoms with van der Waals surface area (Å²) >= 11 is 6.27. The van der Waals surface area contributed by atoms with Crippen molar-refractivity contribution < 1.29 is 41.4 Å². The third-order valence-electron chi connectivity index (χ3n) is 7.86. The summed E-state index contributed by atoms with van der Waals surface area (Å²) in [7, 11) is -4.07. The van der Waals surface area contributed by atoms with Crippen molar-refractivity contribution >= 4 is 39.1 Å². The molecular weight excluding hydrogens is 587 g/mol. The number of urea groups is 1. The zero-order valence-corrected chi connectivity index (χ0v) is 23.9. The van der Waals surface area contributed by atoms with Crippen LogP contribution in [0.2, 0.25) is 5.02 Å².